The lowest BCUT2D eigenvalue weighted by molar-refractivity contribution is -0.132. The number of phenolic OH excluding ortho intramolecular Hbond substituents is 1. The molecule has 3 heterocycles. The van der Waals surface area contributed by atoms with Crippen LogP contribution in [0.1, 0.15) is 32.1 Å². The summed E-state index contributed by atoms with van der Waals surface area (Å²) in [4.78, 5) is 16.8. The third-order valence-corrected chi connectivity index (χ3v) is 5.89. The number of fused-ring (bicyclic) bond motifs is 2. The smallest absolute Gasteiger partial charge is 0.222 e. The largest absolute Gasteiger partial charge is 0.506 e. The number of phenols is 1. The Kier molecular flexibility index (Phi) is 4.35. The molecule has 5 heteroatoms. The predicted octanol–water partition coefficient (Wildman–Crippen LogP) is 1.96. The van der Waals surface area contributed by atoms with Crippen molar-refractivity contribution in [1.29, 1.82) is 0 Å². The third kappa shape index (κ3) is 3.22. The molecule has 1 amide bonds. The molecule has 2 unspecified atom stereocenters. The first kappa shape index (κ1) is 15.8. The van der Waals surface area contributed by atoms with Crippen molar-refractivity contribution in [3.05, 3.63) is 24.3 Å². The molecule has 0 radical (unpaired) electrons. The second kappa shape index (κ2) is 6.63. The van der Waals surface area contributed by atoms with Gasteiger partial charge in [-0.3, -0.25) is 4.79 Å². The molecular formula is C19H27N3O2. The van der Waals surface area contributed by atoms with E-state index in [4.69, 9.17) is 0 Å². The van der Waals surface area contributed by atoms with Gasteiger partial charge < -0.3 is 20.2 Å². The van der Waals surface area contributed by atoms with Crippen LogP contribution in [-0.4, -0.2) is 54.2 Å². The zero-order chi connectivity index (χ0) is 16.5. The number of carbonyl (C=O) groups excluding carboxylic acids is 1. The number of hydrogen-bond donors (Lipinski definition) is 2. The first-order chi connectivity index (χ1) is 11.7. The number of anilines is 1. The highest BCUT2D eigenvalue weighted by molar-refractivity contribution is 5.77. The molecule has 4 rings (SSSR count). The minimum atomic E-state index is 0.318. The van der Waals surface area contributed by atoms with E-state index in [-0.39, 0.29) is 0 Å². The maximum absolute atomic E-state index is 12.6. The van der Waals surface area contributed by atoms with Crippen LogP contribution in [0.4, 0.5) is 5.69 Å². The summed E-state index contributed by atoms with van der Waals surface area (Å²) in [5.74, 6) is 1.20. The van der Waals surface area contributed by atoms with Crippen LogP contribution in [0, 0.1) is 5.92 Å². The van der Waals surface area contributed by atoms with E-state index < -0.39 is 0 Å². The number of aromatic hydroxyl groups is 1. The highest BCUT2D eigenvalue weighted by Gasteiger charge is 2.35. The van der Waals surface area contributed by atoms with E-state index in [2.05, 4.69) is 10.2 Å². The lowest BCUT2D eigenvalue weighted by atomic mass is 9.89. The number of rotatable bonds is 3. The van der Waals surface area contributed by atoms with Gasteiger partial charge in [-0.1, -0.05) is 12.1 Å². The zero-order valence-electron chi connectivity index (χ0n) is 14.2. The van der Waals surface area contributed by atoms with Crippen molar-refractivity contribution < 1.29 is 9.90 Å². The second-order valence-electron chi connectivity index (χ2n) is 7.54. The summed E-state index contributed by atoms with van der Waals surface area (Å²) in [5.41, 5.74) is 0.875. The van der Waals surface area contributed by atoms with E-state index in [1.54, 1.807) is 6.07 Å². The molecule has 24 heavy (non-hydrogen) atoms. The number of para-hydroxylation sites is 2. The average molecular weight is 329 g/mol. The van der Waals surface area contributed by atoms with E-state index in [1.807, 2.05) is 23.1 Å². The Morgan fingerprint density at radius 3 is 2.42 bits per heavy atom. The molecule has 2 bridgehead atoms. The molecule has 0 saturated carbocycles. The molecule has 1 aromatic carbocycles. The van der Waals surface area contributed by atoms with Gasteiger partial charge in [-0.15, -0.1) is 0 Å². The predicted molar refractivity (Wildman–Crippen MR) is 94.2 cm³/mol. The molecule has 2 N–H and O–H groups in total. The van der Waals surface area contributed by atoms with Gasteiger partial charge >= 0.3 is 0 Å². The molecule has 3 saturated heterocycles. The Balaban J connectivity index is 1.29. The number of amides is 1. The summed E-state index contributed by atoms with van der Waals surface area (Å²) in [6.07, 6.45) is 5.62. The Morgan fingerprint density at radius 2 is 1.75 bits per heavy atom. The number of piperazine rings is 1. The molecule has 2 atom stereocenters. The number of carbonyl (C=O) groups is 1. The van der Waals surface area contributed by atoms with Crippen molar-refractivity contribution in [2.75, 3.05) is 31.1 Å². The molecule has 0 aromatic heterocycles. The SMILES string of the molecule is O=C(CC1CC2CCC(C1)N2)N1CCN(c2ccccc2O)CC1. The molecular weight excluding hydrogens is 302 g/mol. The van der Waals surface area contributed by atoms with Gasteiger partial charge in [0, 0.05) is 44.7 Å². The van der Waals surface area contributed by atoms with Crippen LogP contribution in [0.25, 0.3) is 0 Å². The van der Waals surface area contributed by atoms with E-state index in [0.717, 1.165) is 31.9 Å². The summed E-state index contributed by atoms with van der Waals surface area (Å²) >= 11 is 0. The summed E-state index contributed by atoms with van der Waals surface area (Å²) in [5, 5.41) is 13.6. The fraction of sp³-hybridized carbons (Fsp3) is 0.632. The highest BCUT2D eigenvalue weighted by atomic mass is 16.3. The van der Waals surface area contributed by atoms with E-state index in [1.165, 1.54) is 25.7 Å². The first-order valence-electron chi connectivity index (χ1n) is 9.26. The fourth-order valence-corrected chi connectivity index (χ4v) is 4.65. The van der Waals surface area contributed by atoms with E-state index in [0.29, 0.717) is 36.1 Å². The summed E-state index contributed by atoms with van der Waals surface area (Å²) in [6.45, 7) is 3.09. The first-order valence-corrected chi connectivity index (χ1v) is 9.26. The maximum atomic E-state index is 12.6. The monoisotopic (exact) mass is 329 g/mol. The van der Waals surface area contributed by atoms with Crippen LogP contribution in [0.2, 0.25) is 0 Å². The van der Waals surface area contributed by atoms with Gasteiger partial charge in [-0.25, -0.2) is 0 Å². The Morgan fingerprint density at radius 1 is 1.08 bits per heavy atom. The van der Waals surface area contributed by atoms with Gasteiger partial charge in [-0.2, -0.15) is 0 Å². The van der Waals surface area contributed by atoms with Gasteiger partial charge in [0.2, 0.25) is 5.91 Å². The lowest BCUT2D eigenvalue weighted by Crippen LogP contribution is -2.49. The highest BCUT2D eigenvalue weighted by Crippen LogP contribution is 2.33. The number of nitrogens with zero attached hydrogens (tertiary/aromatic N) is 2. The van der Waals surface area contributed by atoms with Crippen molar-refractivity contribution >= 4 is 11.6 Å². The van der Waals surface area contributed by atoms with Crippen molar-refractivity contribution in [3.63, 3.8) is 0 Å². The molecule has 3 aliphatic heterocycles. The van der Waals surface area contributed by atoms with Crippen molar-refractivity contribution in [2.24, 2.45) is 5.92 Å². The Hall–Kier alpha value is -1.75. The molecule has 1 aromatic rings. The van der Waals surface area contributed by atoms with Gasteiger partial charge in [0.25, 0.3) is 0 Å². The van der Waals surface area contributed by atoms with E-state index in [9.17, 15) is 9.90 Å². The van der Waals surface area contributed by atoms with E-state index >= 15 is 0 Å². The number of piperidine rings is 1. The lowest BCUT2D eigenvalue weighted by Gasteiger charge is -2.37. The van der Waals surface area contributed by atoms with Crippen LogP contribution in [0.15, 0.2) is 24.3 Å². The van der Waals surface area contributed by atoms with Gasteiger partial charge in [0.15, 0.2) is 0 Å². The maximum Gasteiger partial charge on any atom is 0.222 e. The van der Waals surface area contributed by atoms with Gasteiger partial charge in [0.05, 0.1) is 5.69 Å². The minimum Gasteiger partial charge on any atom is -0.506 e. The standard InChI is InChI=1S/C19H27N3O2/c23-18-4-2-1-3-17(18)21-7-9-22(10-8-21)19(24)13-14-11-15-5-6-16(12-14)20-15/h1-4,14-16,20,23H,5-13H2. The average Bonchev–Trinajstić information content (AvgIpc) is 2.94. The van der Waals surface area contributed by atoms with Gasteiger partial charge in [0.1, 0.15) is 5.75 Å². The normalized spacial score (nSPS) is 29.8. The van der Waals surface area contributed by atoms with Crippen molar-refractivity contribution in [1.82, 2.24) is 10.2 Å². The topological polar surface area (TPSA) is 55.8 Å². The Bertz CT molecular complexity index is 586. The van der Waals surface area contributed by atoms with Gasteiger partial charge in [-0.05, 0) is 43.7 Å². The van der Waals surface area contributed by atoms with Crippen molar-refractivity contribution in [3.8, 4) is 5.75 Å². The van der Waals surface area contributed by atoms with Crippen LogP contribution in [0.5, 0.6) is 5.75 Å². The van der Waals surface area contributed by atoms with Crippen LogP contribution in [0.3, 0.4) is 0 Å². The summed E-state index contributed by atoms with van der Waals surface area (Å²) in [7, 11) is 0. The Labute approximate surface area is 143 Å². The van der Waals surface area contributed by atoms with Crippen LogP contribution < -0.4 is 10.2 Å². The van der Waals surface area contributed by atoms with Crippen molar-refractivity contribution in [2.45, 2.75) is 44.2 Å². The molecule has 3 fully saturated rings. The summed E-state index contributed by atoms with van der Waals surface area (Å²) in [6, 6.07) is 8.75. The van der Waals surface area contributed by atoms with Crippen LogP contribution in [-0.2, 0) is 4.79 Å². The molecule has 3 aliphatic rings. The number of benzene rings is 1. The number of hydrogen-bond acceptors (Lipinski definition) is 4. The minimum absolute atomic E-state index is 0.318. The molecule has 0 aliphatic carbocycles. The zero-order valence-corrected chi connectivity index (χ0v) is 14.2. The third-order valence-electron chi connectivity index (χ3n) is 5.89. The fourth-order valence-electron chi connectivity index (χ4n) is 4.65. The molecule has 130 valence electrons. The summed E-state index contributed by atoms with van der Waals surface area (Å²) < 4.78 is 0. The molecule has 0 spiro atoms. The second-order valence-corrected chi connectivity index (χ2v) is 7.54. The number of nitrogens with one attached hydrogen (secondary N) is 1. The quantitative estimate of drug-likeness (QED) is 0.890. The molecule has 5 nitrogen and oxygen atoms in total. The van der Waals surface area contributed by atoms with Crippen LogP contribution >= 0.6 is 0 Å².